The first kappa shape index (κ1) is 27.8. The number of ether oxygens (including phenoxy) is 3. The summed E-state index contributed by atoms with van der Waals surface area (Å²) in [7, 11) is 4.79. The van der Waals surface area contributed by atoms with Crippen LogP contribution in [0.5, 0.6) is 17.2 Å². The molecule has 38 heavy (non-hydrogen) atoms. The maximum atomic E-state index is 13.6. The van der Waals surface area contributed by atoms with Gasteiger partial charge in [-0.3, -0.25) is 9.59 Å². The molecule has 0 unspecified atom stereocenters. The molecule has 2 aromatic rings. The number of hydrogen-bond donors (Lipinski definition) is 1. The van der Waals surface area contributed by atoms with Gasteiger partial charge in [-0.25, -0.2) is 0 Å². The van der Waals surface area contributed by atoms with E-state index in [2.05, 4.69) is 10.2 Å². The maximum Gasteiger partial charge on any atom is 0.227 e. The fourth-order valence-corrected chi connectivity index (χ4v) is 5.64. The van der Waals surface area contributed by atoms with E-state index in [9.17, 15) is 9.59 Å². The lowest BCUT2D eigenvalue weighted by Gasteiger charge is -2.41. The number of benzene rings is 2. The lowest BCUT2D eigenvalue weighted by molar-refractivity contribution is -0.129. The zero-order valence-corrected chi connectivity index (χ0v) is 22.9. The van der Waals surface area contributed by atoms with Gasteiger partial charge in [0.15, 0.2) is 11.5 Å². The zero-order valence-electron chi connectivity index (χ0n) is 22.9. The van der Waals surface area contributed by atoms with Gasteiger partial charge in [-0.05, 0) is 87.3 Å². The third kappa shape index (κ3) is 6.59. The predicted molar refractivity (Wildman–Crippen MR) is 148 cm³/mol. The van der Waals surface area contributed by atoms with Crippen LogP contribution in [0, 0.1) is 5.92 Å². The van der Waals surface area contributed by atoms with Crippen LogP contribution in [-0.4, -0.2) is 64.2 Å². The highest BCUT2D eigenvalue weighted by Gasteiger charge is 2.41. The quantitative estimate of drug-likeness (QED) is 0.459. The number of amides is 2. The smallest absolute Gasteiger partial charge is 0.227 e. The fraction of sp³-hybridized carbons (Fsp3) is 0.533. The third-order valence-corrected chi connectivity index (χ3v) is 7.68. The van der Waals surface area contributed by atoms with E-state index in [0.717, 1.165) is 37.3 Å². The molecule has 2 atom stereocenters. The number of anilines is 1. The van der Waals surface area contributed by atoms with E-state index in [1.165, 1.54) is 25.7 Å². The predicted octanol–water partition coefficient (Wildman–Crippen LogP) is 4.58. The number of nitrogens with zero attached hydrogens (tertiary/aromatic N) is 2. The van der Waals surface area contributed by atoms with Crippen molar-refractivity contribution >= 4 is 17.5 Å². The van der Waals surface area contributed by atoms with Crippen LogP contribution in [0.4, 0.5) is 5.69 Å². The second-order valence-electron chi connectivity index (χ2n) is 10.1. The number of carbonyl (C=O) groups is 2. The Morgan fingerprint density at radius 3 is 2.29 bits per heavy atom. The Bertz CT molecular complexity index is 1070. The molecule has 0 saturated carbocycles. The van der Waals surface area contributed by atoms with E-state index >= 15 is 0 Å². The second kappa shape index (κ2) is 13.5. The lowest BCUT2D eigenvalue weighted by atomic mass is 9.83. The van der Waals surface area contributed by atoms with Crippen molar-refractivity contribution in [2.45, 2.75) is 51.0 Å². The Balaban J connectivity index is 1.56. The van der Waals surface area contributed by atoms with Gasteiger partial charge in [0, 0.05) is 18.7 Å². The first-order chi connectivity index (χ1) is 18.5. The van der Waals surface area contributed by atoms with E-state index in [4.69, 9.17) is 14.2 Å². The first-order valence-corrected chi connectivity index (χ1v) is 13.7. The van der Waals surface area contributed by atoms with Crippen molar-refractivity contribution in [3.05, 3.63) is 48.0 Å². The van der Waals surface area contributed by atoms with Gasteiger partial charge in [0.2, 0.25) is 11.8 Å². The van der Waals surface area contributed by atoms with Crippen molar-refractivity contribution < 1.29 is 23.8 Å². The summed E-state index contributed by atoms with van der Waals surface area (Å²) in [6, 6.07) is 12.5. The molecule has 2 fully saturated rings. The molecular weight excluding hydrogens is 482 g/mol. The summed E-state index contributed by atoms with van der Waals surface area (Å²) in [5.41, 5.74) is 1.56. The monoisotopic (exact) mass is 523 g/mol. The van der Waals surface area contributed by atoms with Crippen LogP contribution in [0.25, 0.3) is 0 Å². The minimum Gasteiger partial charge on any atom is -0.497 e. The molecule has 0 aliphatic carbocycles. The highest BCUT2D eigenvalue weighted by Crippen LogP contribution is 2.42. The Morgan fingerprint density at radius 1 is 0.921 bits per heavy atom. The summed E-state index contributed by atoms with van der Waals surface area (Å²) in [6.07, 6.45) is 6.86. The zero-order chi connectivity index (χ0) is 26.9. The molecule has 8 nitrogen and oxygen atoms in total. The fourth-order valence-electron chi connectivity index (χ4n) is 5.64. The number of piperidine rings is 1. The highest BCUT2D eigenvalue weighted by atomic mass is 16.5. The van der Waals surface area contributed by atoms with Gasteiger partial charge < -0.3 is 29.3 Å². The average Bonchev–Trinajstić information content (AvgIpc) is 3.23. The second-order valence-corrected chi connectivity index (χ2v) is 10.1. The van der Waals surface area contributed by atoms with Crippen LogP contribution in [0.15, 0.2) is 42.5 Å². The van der Waals surface area contributed by atoms with Gasteiger partial charge in [0.05, 0.1) is 33.3 Å². The largest absolute Gasteiger partial charge is 0.497 e. The Kier molecular flexibility index (Phi) is 9.87. The van der Waals surface area contributed by atoms with Crippen LogP contribution in [-0.2, 0) is 9.59 Å². The van der Waals surface area contributed by atoms with Gasteiger partial charge in [-0.15, -0.1) is 0 Å². The van der Waals surface area contributed by atoms with Crippen molar-refractivity contribution in [3.63, 3.8) is 0 Å². The van der Waals surface area contributed by atoms with Crippen LogP contribution in [0.2, 0.25) is 0 Å². The summed E-state index contributed by atoms with van der Waals surface area (Å²) < 4.78 is 16.3. The van der Waals surface area contributed by atoms with E-state index in [-0.39, 0.29) is 11.8 Å². The van der Waals surface area contributed by atoms with Gasteiger partial charge >= 0.3 is 0 Å². The molecule has 0 aromatic heterocycles. The molecular formula is C30H41N3O5. The Hall–Kier alpha value is -3.26. The highest BCUT2D eigenvalue weighted by molar-refractivity contribution is 5.97. The number of rotatable bonds is 10. The molecule has 2 aromatic carbocycles. The lowest BCUT2D eigenvalue weighted by Crippen LogP contribution is -2.48. The molecule has 1 N–H and O–H groups in total. The summed E-state index contributed by atoms with van der Waals surface area (Å²) in [5, 5.41) is 3.18. The molecule has 0 spiro atoms. The summed E-state index contributed by atoms with van der Waals surface area (Å²) in [5.74, 6) is 1.44. The van der Waals surface area contributed by atoms with Crippen LogP contribution < -0.4 is 24.4 Å². The molecule has 2 amide bonds. The topological polar surface area (TPSA) is 80.3 Å². The number of methoxy groups -OCH3 is 3. The first-order valence-electron chi connectivity index (χ1n) is 13.7. The number of carbonyl (C=O) groups excluding carboxylic acids is 2. The van der Waals surface area contributed by atoms with E-state index in [1.54, 1.807) is 26.2 Å². The van der Waals surface area contributed by atoms with Crippen molar-refractivity contribution in [2.75, 3.05) is 52.4 Å². The van der Waals surface area contributed by atoms with Gasteiger partial charge in [-0.1, -0.05) is 18.9 Å². The van der Waals surface area contributed by atoms with Crippen molar-refractivity contribution in [3.8, 4) is 17.2 Å². The van der Waals surface area contributed by atoms with Crippen molar-refractivity contribution in [2.24, 2.45) is 5.92 Å². The standard InChI is InChI=1S/C30H41N3O5/c1-36-24-12-10-23(11-13-24)33-28(34)16-14-25(29(33)22-9-15-26(37-2)27(21-22)38-3)30(35)31-17-8-20-32-18-6-4-5-7-19-32/h9-13,15,21,25,29H,4-8,14,16-20H2,1-3H3,(H,31,35)/t25-,29+/m0/s1. The third-order valence-electron chi connectivity index (χ3n) is 7.68. The van der Waals surface area contributed by atoms with E-state index in [0.29, 0.717) is 36.6 Å². The minimum absolute atomic E-state index is 0.0137. The average molecular weight is 524 g/mol. The molecule has 2 heterocycles. The molecule has 2 aliphatic rings. The minimum atomic E-state index is -0.477. The van der Waals surface area contributed by atoms with Crippen molar-refractivity contribution in [1.29, 1.82) is 0 Å². The number of likely N-dealkylation sites (tertiary alicyclic amines) is 1. The van der Waals surface area contributed by atoms with Gasteiger partial charge in [-0.2, -0.15) is 0 Å². The van der Waals surface area contributed by atoms with Crippen LogP contribution in [0.1, 0.15) is 56.6 Å². The summed E-state index contributed by atoms with van der Waals surface area (Å²) >= 11 is 0. The Morgan fingerprint density at radius 2 is 1.63 bits per heavy atom. The van der Waals surface area contributed by atoms with Gasteiger partial charge in [0.1, 0.15) is 5.75 Å². The van der Waals surface area contributed by atoms with Gasteiger partial charge in [0.25, 0.3) is 0 Å². The number of nitrogens with one attached hydrogen (secondary N) is 1. The van der Waals surface area contributed by atoms with Crippen molar-refractivity contribution in [1.82, 2.24) is 10.2 Å². The maximum absolute atomic E-state index is 13.6. The molecule has 0 bridgehead atoms. The number of hydrogen-bond acceptors (Lipinski definition) is 6. The molecule has 2 aliphatic heterocycles. The molecule has 4 rings (SSSR count). The summed E-state index contributed by atoms with van der Waals surface area (Å²) in [6.45, 7) is 3.93. The van der Waals surface area contributed by atoms with E-state index in [1.807, 2.05) is 42.5 Å². The Labute approximate surface area is 226 Å². The SMILES string of the molecule is COc1ccc(N2C(=O)CC[C@H](C(=O)NCCCN3CCCCCC3)[C@H]2c2ccc(OC)c(OC)c2)cc1. The van der Waals surface area contributed by atoms with E-state index < -0.39 is 12.0 Å². The van der Waals surface area contributed by atoms with Crippen LogP contribution >= 0.6 is 0 Å². The normalized spacial score (nSPS) is 20.5. The molecule has 206 valence electrons. The summed E-state index contributed by atoms with van der Waals surface area (Å²) in [4.78, 5) is 31.2. The molecule has 8 heteroatoms. The molecule has 0 radical (unpaired) electrons. The van der Waals surface area contributed by atoms with Crippen LogP contribution in [0.3, 0.4) is 0 Å². The molecule has 2 saturated heterocycles.